The molecule has 1 saturated carbocycles. The Morgan fingerprint density at radius 1 is 1.69 bits per heavy atom. The van der Waals surface area contributed by atoms with Gasteiger partial charge in [0.15, 0.2) is 0 Å². The van der Waals surface area contributed by atoms with Crippen LogP contribution in [0.2, 0.25) is 0 Å². The van der Waals surface area contributed by atoms with Gasteiger partial charge in [-0.3, -0.25) is 4.79 Å². The highest BCUT2D eigenvalue weighted by Gasteiger charge is 2.52. The largest absolute Gasteiger partial charge is 0.373 e. The third-order valence-corrected chi connectivity index (χ3v) is 3.71. The van der Waals surface area contributed by atoms with E-state index in [1.54, 1.807) is 0 Å². The van der Waals surface area contributed by atoms with Gasteiger partial charge in [0.2, 0.25) is 0 Å². The zero-order valence-electron chi connectivity index (χ0n) is 7.82. The minimum Gasteiger partial charge on any atom is -0.373 e. The lowest BCUT2D eigenvalue weighted by Crippen LogP contribution is -2.26. The summed E-state index contributed by atoms with van der Waals surface area (Å²) < 4.78 is 5.18. The molecule has 2 bridgehead atoms. The molecular formula is C11H14O2. The summed E-state index contributed by atoms with van der Waals surface area (Å²) in [4.78, 5) is 11.9. The fourth-order valence-corrected chi connectivity index (χ4v) is 2.81. The smallest absolute Gasteiger partial charge is 0.146 e. The molecule has 0 amide bonds. The lowest BCUT2D eigenvalue weighted by molar-refractivity contribution is -0.127. The van der Waals surface area contributed by atoms with Crippen LogP contribution < -0.4 is 0 Å². The van der Waals surface area contributed by atoms with Crippen LogP contribution in [0.5, 0.6) is 0 Å². The molecule has 1 aliphatic heterocycles. The van der Waals surface area contributed by atoms with Crippen molar-refractivity contribution in [3.8, 4) is 0 Å². The summed E-state index contributed by atoms with van der Waals surface area (Å²) in [5.74, 6) is 1.24. The van der Waals surface area contributed by atoms with Crippen LogP contribution in [0.1, 0.15) is 19.8 Å². The Morgan fingerprint density at radius 2 is 2.46 bits per heavy atom. The van der Waals surface area contributed by atoms with Crippen LogP contribution in [-0.2, 0) is 9.53 Å². The van der Waals surface area contributed by atoms with E-state index in [2.05, 4.69) is 19.1 Å². The van der Waals surface area contributed by atoms with E-state index in [0.717, 1.165) is 19.4 Å². The molecule has 0 N–H and O–H groups in total. The van der Waals surface area contributed by atoms with Gasteiger partial charge in [-0.25, -0.2) is 0 Å². The highest BCUT2D eigenvalue weighted by Crippen LogP contribution is 2.51. The summed E-state index contributed by atoms with van der Waals surface area (Å²) in [6, 6.07) is 0. The highest BCUT2D eigenvalue weighted by molar-refractivity contribution is 5.92. The first-order chi connectivity index (χ1) is 6.19. The first-order valence-electron chi connectivity index (χ1n) is 5.04. The average Bonchev–Trinajstić information content (AvgIpc) is 2.78. The van der Waals surface area contributed by atoms with Crippen molar-refractivity contribution in [2.24, 2.45) is 17.3 Å². The first kappa shape index (κ1) is 7.74. The summed E-state index contributed by atoms with van der Waals surface area (Å²) in [6.45, 7) is 2.94. The second-order valence-electron chi connectivity index (χ2n) is 4.81. The Kier molecular flexibility index (Phi) is 1.33. The van der Waals surface area contributed by atoms with Crippen LogP contribution in [0.4, 0.5) is 0 Å². The summed E-state index contributed by atoms with van der Waals surface area (Å²) in [6.07, 6.45) is 6.73. The van der Waals surface area contributed by atoms with Crippen molar-refractivity contribution in [1.29, 1.82) is 0 Å². The van der Waals surface area contributed by atoms with Crippen molar-refractivity contribution in [1.82, 2.24) is 0 Å². The Labute approximate surface area is 78.0 Å². The molecule has 2 aliphatic carbocycles. The summed E-state index contributed by atoms with van der Waals surface area (Å²) in [5, 5.41) is 0. The number of ketones is 1. The molecule has 1 heterocycles. The second-order valence-corrected chi connectivity index (χ2v) is 4.81. The van der Waals surface area contributed by atoms with Crippen molar-refractivity contribution in [2.45, 2.75) is 25.9 Å². The maximum Gasteiger partial charge on any atom is 0.146 e. The third-order valence-electron chi connectivity index (χ3n) is 3.71. The molecule has 2 fully saturated rings. The minimum absolute atomic E-state index is 0.121. The fourth-order valence-electron chi connectivity index (χ4n) is 2.81. The van der Waals surface area contributed by atoms with Gasteiger partial charge in [0.25, 0.3) is 0 Å². The quantitative estimate of drug-likeness (QED) is 0.474. The normalized spacial score (nSPS) is 51.8. The van der Waals surface area contributed by atoms with Crippen molar-refractivity contribution >= 4 is 5.78 Å². The van der Waals surface area contributed by atoms with Crippen LogP contribution in [0.25, 0.3) is 0 Å². The molecule has 2 nitrogen and oxygen atoms in total. The van der Waals surface area contributed by atoms with Crippen LogP contribution in [0.15, 0.2) is 12.2 Å². The number of ether oxygens (including phenoxy) is 1. The molecule has 4 unspecified atom stereocenters. The number of Topliss-reactive ketones (excluding diaryl/α,β-unsaturated/α-hetero) is 1. The molecule has 1 saturated heterocycles. The fraction of sp³-hybridized carbons (Fsp3) is 0.727. The van der Waals surface area contributed by atoms with Crippen molar-refractivity contribution in [3.63, 3.8) is 0 Å². The predicted molar refractivity (Wildman–Crippen MR) is 48.2 cm³/mol. The van der Waals surface area contributed by atoms with E-state index >= 15 is 0 Å². The number of hydrogen-bond acceptors (Lipinski definition) is 2. The Bertz CT molecular complexity index is 290. The summed E-state index contributed by atoms with van der Waals surface area (Å²) in [5.41, 5.74) is -0.121. The van der Waals surface area contributed by atoms with Crippen molar-refractivity contribution in [3.05, 3.63) is 12.2 Å². The molecule has 3 aliphatic rings. The Hall–Kier alpha value is -0.630. The summed E-state index contributed by atoms with van der Waals surface area (Å²) >= 11 is 0. The van der Waals surface area contributed by atoms with E-state index in [0.29, 0.717) is 17.8 Å². The maximum absolute atomic E-state index is 11.9. The Morgan fingerprint density at radius 3 is 3.00 bits per heavy atom. The van der Waals surface area contributed by atoms with E-state index in [4.69, 9.17) is 4.74 Å². The number of allylic oxidation sites excluding steroid dienone is 2. The molecule has 13 heavy (non-hydrogen) atoms. The first-order valence-corrected chi connectivity index (χ1v) is 5.04. The van der Waals surface area contributed by atoms with Crippen molar-refractivity contribution in [2.75, 3.05) is 6.61 Å². The molecule has 0 aromatic carbocycles. The third kappa shape index (κ3) is 1.01. The predicted octanol–water partition coefficient (Wildman–Crippen LogP) is 1.56. The van der Waals surface area contributed by atoms with Gasteiger partial charge in [0.05, 0.1) is 12.7 Å². The highest BCUT2D eigenvalue weighted by atomic mass is 16.6. The van der Waals surface area contributed by atoms with Crippen molar-refractivity contribution < 1.29 is 9.53 Å². The topological polar surface area (TPSA) is 29.6 Å². The monoisotopic (exact) mass is 178 g/mol. The molecule has 2 heteroatoms. The van der Waals surface area contributed by atoms with Gasteiger partial charge in [0.1, 0.15) is 5.78 Å². The second kappa shape index (κ2) is 2.24. The van der Waals surface area contributed by atoms with Crippen LogP contribution in [-0.4, -0.2) is 18.5 Å². The van der Waals surface area contributed by atoms with Crippen LogP contribution in [0, 0.1) is 17.3 Å². The number of carbonyl (C=O) groups is 1. The summed E-state index contributed by atoms with van der Waals surface area (Å²) in [7, 11) is 0. The SMILES string of the molecule is CC12C=CC(C1)C(CC1CO1)C2=O. The van der Waals surface area contributed by atoms with Crippen LogP contribution in [0.3, 0.4) is 0 Å². The number of rotatable bonds is 2. The van der Waals surface area contributed by atoms with Gasteiger partial charge in [-0.15, -0.1) is 0 Å². The van der Waals surface area contributed by atoms with Gasteiger partial charge in [-0.05, 0) is 25.7 Å². The zero-order chi connectivity index (χ0) is 9.05. The molecule has 4 atom stereocenters. The van der Waals surface area contributed by atoms with E-state index in [1.165, 1.54) is 0 Å². The molecule has 0 aromatic rings. The molecule has 0 spiro atoms. The Balaban J connectivity index is 1.83. The molecule has 3 rings (SSSR count). The van der Waals surface area contributed by atoms with Gasteiger partial charge < -0.3 is 4.74 Å². The standard InChI is InChI=1S/C11H14O2/c1-11-3-2-7(5-11)9(10(11)12)4-8-6-13-8/h2-3,7-9H,4-6H2,1H3. The van der Waals surface area contributed by atoms with Gasteiger partial charge in [-0.2, -0.15) is 0 Å². The molecular weight excluding hydrogens is 164 g/mol. The van der Waals surface area contributed by atoms with Gasteiger partial charge in [0, 0.05) is 11.3 Å². The van der Waals surface area contributed by atoms with E-state index < -0.39 is 0 Å². The molecule has 0 radical (unpaired) electrons. The lowest BCUT2D eigenvalue weighted by atomic mass is 9.83. The average molecular weight is 178 g/mol. The molecule has 0 aromatic heterocycles. The molecule has 70 valence electrons. The van der Waals surface area contributed by atoms with E-state index in [-0.39, 0.29) is 11.3 Å². The maximum atomic E-state index is 11.9. The minimum atomic E-state index is -0.121. The number of hydrogen-bond donors (Lipinski definition) is 0. The van der Waals surface area contributed by atoms with Gasteiger partial charge >= 0.3 is 0 Å². The lowest BCUT2D eigenvalue weighted by Gasteiger charge is -2.19. The number of carbonyl (C=O) groups excluding carboxylic acids is 1. The van der Waals surface area contributed by atoms with Crippen LogP contribution >= 0.6 is 0 Å². The van der Waals surface area contributed by atoms with Gasteiger partial charge in [-0.1, -0.05) is 12.2 Å². The van der Waals surface area contributed by atoms with E-state index in [9.17, 15) is 4.79 Å². The zero-order valence-corrected chi connectivity index (χ0v) is 7.82. The van der Waals surface area contributed by atoms with E-state index in [1.807, 2.05) is 0 Å². The number of epoxide rings is 1. The number of fused-ring (bicyclic) bond motifs is 2.